The first-order valence-corrected chi connectivity index (χ1v) is 8.73. The number of nitrogens with one attached hydrogen (secondary N) is 2. The van der Waals surface area contributed by atoms with Crippen molar-refractivity contribution in [1.29, 1.82) is 0 Å². The summed E-state index contributed by atoms with van der Waals surface area (Å²) >= 11 is 0. The number of likely N-dealkylation sites (N-methyl/N-ethyl adjacent to an activating group) is 1. The van der Waals surface area contributed by atoms with Crippen molar-refractivity contribution in [2.75, 3.05) is 44.9 Å². The van der Waals surface area contributed by atoms with E-state index in [4.69, 9.17) is 4.74 Å². The average Bonchev–Trinajstić information content (AvgIpc) is 2.68. The number of hydrogen-bond donors (Lipinski definition) is 2. The maximum atomic E-state index is 5.29. The van der Waals surface area contributed by atoms with Crippen molar-refractivity contribution >= 4 is 17.5 Å². The second-order valence-electron chi connectivity index (χ2n) is 6.28. The predicted molar refractivity (Wildman–Crippen MR) is 109 cm³/mol. The fourth-order valence-corrected chi connectivity index (χ4v) is 2.50. The quantitative estimate of drug-likeness (QED) is 0.635. The summed E-state index contributed by atoms with van der Waals surface area (Å²) in [5.74, 6) is 2.07. The largest absolute Gasteiger partial charge is 0.497 e. The topological polar surface area (TPSA) is 75.2 Å². The van der Waals surface area contributed by atoms with Gasteiger partial charge in [0.15, 0.2) is 0 Å². The van der Waals surface area contributed by atoms with Crippen molar-refractivity contribution in [2.24, 2.45) is 0 Å². The Morgan fingerprint density at radius 1 is 1.04 bits per heavy atom. The number of pyridine rings is 1. The number of nitrogens with zero attached hydrogens (tertiary/aromatic N) is 4. The maximum Gasteiger partial charge on any atom is 0.225 e. The SMILES string of the molecule is COc1cccc(Nc2cc(-c3ccncc3)nc(NCCN(C)C)n2)c1. The smallest absolute Gasteiger partial charge is 0.225 e. The third-order valence-corrected chi connectivity index (χ3v) is 3.89. The molecule has 7 nitrogen and oxygen atoms in total. The van der Waals surface area contributed by atoms with Gasteiger partial charge in [0.25, 0.3) is 0 Å². The van der Waals surface area contributed by atoms with Gasteiger partial charge in [0.05, 0.1) is 12.8 Å². The van der Waals surface area contributed by atoms with Crippen LogP contribution in [0.5, 0.6) is 5.75 Å². The molecule has 0 saturated carbocycles. The molecule has 0 bridgehead atoms. The molecule has 2 N–H and O–H groups in total. The summed E-state index contributed by atoms with van der Waals surface area (Å²) in [4.78, 5) is 15.4. The molecule has 0 aliphatic heterocycles. The minimum Gasteiger partial charge on any atom is -0.497 e. The highest BCUT2D eigenvalue weighted by Crippen LogP contribution is 2.25. The van der Waals surface area contributed by atoms with Gasteiger partial charge < -0.3 is 20.3 Å². The summed E-state index contributed by atoms with van der Waals surface area (Å²) in [6.07, 6.45) is 3.51. The summed E-state index contributed by atoms with van der Waals surface area (Å²) < 4.78 is 5.29. The molecule has 27 heavy (non-hydrogen) atoms. The highest BCUT2D eigenvalue weighted by molar-refractivity contribution is 5.67. The molecule has 3 aromatic rings. The number of hydrogen-bond acceptors (Lipinski definition) is 7. The van der Waals surface area contributed by atoms with Crippen LogP contribution in [0.1, 0.15) is 0 Å². The summed E-state index contributed by atoms with van der Waals surface area (Å²) in [5, 5.41) is 6.62. The van der Waals surface area contributed by atoms with Crippen molar-refractivity contribution in [3.63, 3.8) is 0 Å². The fraction of sp³-hybridized carbons (Fsp3) is 0.250. The van der Waals surface area contributed by atoms with Gasteiger partial charge >= 0.3 is 0 Å². The molecular weight excluding hydrogens is 340 g/mol. The van der Waals surface area contributed by atoms with Crippen LogP contribution in [-0.2, 0) is 0 Å². The van der Waals surface area contributed by atoms with Crippen molar-refractivity contribution in [3.05, 3.63) is 54.9 Å². The van der Waals surface area contributed by atoms with Crippen LogP contribution >= 0.6 is 0 Å². The molecule has 0 aliphatic rings. The highest BCUT2D eigenvalue weighted by atomic mass is 16.5. The Balaban J connectivity index is 1.88. The molecule has 2 heterocycles. The van der Waals surface area contributed by atoms with Crippen LogP contribution in [-0.4, -0.2) is 54.1 Å². The van der Waals surface area contributed by atoms with Gasteiger partial charge in [-0.25, -0.2) is 4.98 Å². The first-order valence-electron chi connectivity index (χ1n) is 8.73. The first-order chi connectivity index (χ1) is 13.1. The Morgan fingerprint density at radius 3 is 2.59 bits per heavy atom. The summed E-state index contributed by atoms with van der Waals surface area (Å²) in [7, 11) is 5.72. The molecule has 2 aromatic heterocycles. The van der Waals surface area contributed by atoms with Gasteiger partial charge in [-0.15, -0.1) is 0 Å². The van der Waals surface area contributed by atoms with Crippen LogP contribution in [0.4, 0.5) is 17.5 Å². The molecule has 0 aliphatic carbocycles. The van der Waals surface area contributed by atoms with E-state index in [0.29, 0.717) is 11.8 Å². The lowest BCUT2D eigenvalue weighted by molar-refractivity contribution is 0.415. The number of benzene rings is 1. The number of methoxy groups -OCH3 is 1. The molecule has 0 fully saturated rings. The normalized spacial score (nSPS) is 10.7. The molecule has 0 amide bonds. The Morgan fingerprint density at radius 2 is 1.85 bits per heavy atom. The zero-order chi connectivity index (χ0) is 19.1. The monoisotopic (exact) mass is 364 g/mol. The molecule has 1 aromatic carbocycles. The lowest BCUT2D eigenvalue weighted by Crippen LogP contribution is -2.21. The van der Waals surface area contributed by atoms with Crippen LogP contribution in [0.3, 0.4) is 0 Å². The van der Waals surface area contributed by atoms with Crippen LogP contribution in [0.15, 0.2) is 54.9 Å². The third-order valence-electron chi connectivity index (χ3n) is 3.89. The maximum absolute atomic E-state index is 5.29. The number of aromatic nitrogens is 3. The zero-order valence-electron chi connectivity index (χ0n) is 15.8. The molecule has 0 radical (unpaired) electrons. The Labute approximate surface area is 159 Å². The van der Waals surface area contributed by atoms with Gasteiger partial charge in [-0.05, 0) is 38.4 Å². The molecule has 0 saturated heterocycles. The van der Waals surface area contributed by atoms with E-state index in [1.807, 2.05) is 56.6 Å². The molecule has 140 valence electrons. The van der Waals surface area contributed by atoms with E-state index in [0.717, 1.165) is 35.8 Å². The van der Waals surface area contributed by atoms with Crippen LogP contribution < -0.4 is 15.4 Å². The van der Waals surface area contributed by atoms with E-state index in [-0.39, 0.29) is 0 Å². The molecular formula is C20H24N6O. The minimum absolute atomic E-state index is 0.580. The van der Waals surface area contributed by atoms with Gasteiger partial charge in [0.2, 0.25) is 5.95 Å². The Hall–Kier alpha value is -3.19. The van der Waals surface area contributed by atoms with Gasteiger partial charge in [-0.1, -0.05) is 6.07 Å². The highest BCUT2D eigenvalue weighted by Gasteiger charge is 2.08. The predicted octanol–water partition coefficient (Wildman–Crippen LogP) is 3.26. The number of anilines is 3. The van der Waals surface area contributed by atoms with Gasteiger partial charge in [0, 0.05) is 48.9 Å². The van der Waals surface area contributed by atoms with Gasteiger partial charge in [-0.2, -0.15) is 4.98 Å². The van der Waals surface area contributed by atoms with E-state index in [1.165, 1.54) is 0 Å². The minimum atomic E-state index is 0.580. The van der Waals surface area contributed by atoms with Crippen molar-refractivity contribution in [3.8, 4) is 17.0 Å². The second kappa shape index (κ2) is 8.95. The number of rotatable bonds is 8. The second-order valence-corrected chi connectivity index (χ2v) is 6.28. The van der Waals surface area contributed by atoms with E-state index >= 15 is 0 Å². The van der Waals surface area contributed by atoms with Crippen molar-refractivity contribution in [2.45, 2.75) is 0 Å². The van der Waals surface area contributed by atoms with Crippen LogP contribution in [0.2, 0.25) is 0 Å². The van der Waals surface area contributed by atoms with Crippen LogP contribution in [0, 0.1) is 0 Å². The fourth-order valence-electron chi connectivity index (χ4n) is 2.50. The van der Waals surface area contributed by atoms with E-state index < -0.39 is 0 Å². The third kappa shape index (κ3) is 5.39. The zero-order valence-corrected chi connectivity index (χ0v) is 15.8. The Bertz CT molecular complexity index is 869. The molecule has 7 heteroatoms. The standard InChI is InChI=1S/C20H24N6O/c1-26(2)12-11-22-20-24-18(15-7-9-21-10-8-15)14-19(25-20)23-16-5-4-6-17(13-16)27-3/h4-10,13-14H,11-12H2,1-3H3,(H2,22,23,24,25). The molecule has 0 unspecified atom stereocenters. The molecule has 0 atom stereocenters. The summed E-state index contributed by atoms with van der Waals surface area (Å²) in [6, 6.07) is 13.5. The van der Waals surface area contributed by atoms with E-state index in [9.17, 15) is 0 Å². The van der Waals surface area contributed by atoms with E-state index in [2.05, 4.69) is 30.5 Å². The molecule has 3 rings (SSSR count). The lowest BCUT2D eigenvalue weighted by Gasteiger charge is -2.13. The first kappa shape index (κ1) is 18.6. The van der Waals surface area contributed by atoms with Gasteiger partial charge in [0.1, 0.15) is 11.6 Å². The summed E-state index contributed by atoms with van der Waals surface area (Å²) in [5.41, 5.74) is 2.70. The average molecular weight is 364 g/mol. The lowest BCUT2D eigenvalue weighted by atomic mass is 10.2. The van der Waals surface area contributed by atoms with Crippen LogP contribution in [0.25, 0.3) is 11.3 Å². The van der Waals surface area contributed by atoms with Crippen molar-refractivity contribution < 1.29 is 4.74 Å². The van der Waals surface area contributed by atoms with Crippen molar-refractivity contribution in [1.82, 2.24) is 19.9 Å². The summed E-state index contributed by atoms with van der Waals surface area (Å²) in [6.45, 7) is 1.65. The molecule has 0 spiro atoms. The Kier molecular flexibility index (Phi) is 6.17. The van der Waals surface area contributed by atoms with E-state index in [1.54, 1.807) is 19.5 Å². The number of ether oxygens (including phenoxy) is 1. The van der Waals surface area contributed by atoms with Gasteiger partial charge in [-0.3, -0.25) is 4.98 Å².